The maximum atomic E-state index is 11.9. The van der Waals surface area contributed by atoms with Gasteiger partial charge in [0.05, 0.1) is 12.2 Å². The largest absolute Gasteiger partial charge is 0.332 e. The first-order chi connectivity index (χ1) is 10.4. The Morgan fingerprint density at radius 3 is 2.59 bits per heavy atom. The average molecular weight is 319 g/mol. The fourth-order valence-corrected chi connectivity index (χ4v) is 2.45. The van der Waals surface area contributed by atoms with Gasteiger partial charge in [-0.25, -0.2) is 4.79 Å². The third-order valence-corrected chi connectivity index (χ3v) is 4.28. The summed E-state index contributed by atoms with van der Waals surface area (Å²) in [4.78, 5) is 16.2. The van der Waals surface area contributed by atoms with Crippen LogP contribution < -0.4 is 10.6 Å². The molecule has 2 N–H and O–H groups in total. The van der Waals surface area contributed by atoms with Crippen molar-refractivity contribution in [2.45, 2.75) is 46.1 Å². The van der Waals surface area contributed by atoms with Crippen molar-refractivity contribution in [1.29, 1.82) is 0 Å². The second kappa shape index (κ2) is 6.83. The predicted molar refractivity (Wildman–Crippen MR) is 88.1 cm³/mol. The number of amides is 2. The molecule has 0 aliphatic heterocycles. The van der Waals surface area contributed by atoms with E-state index in [-0.39, 0.29) is 11.4 Å². The molecular formula is C15H21N5OS. The van der Waals surface area contributed by atoms with Crippen molar-refractivity contribution in [3.05, 3.63) is 34.6 Å². The summed E-state index contributed by atoms with van der Waals surface area (Å²) >= 11 is 1.38. The molecule has 2 aromatic heterocycles. The summed E-state index contributed by atoms with van der Waals surface area (Å²) in [6.45, 7) is 8.63. The molecule has 0 aromatic carbocycles. The number of hydrogen-bond acceptors (Lipinski definition) is 5. The van der Waals surface area contributed by atoms with Crippen LogP contribution in [0.3, 0.4) is 0 Å². The highest BCUT2D eigenvalue weighted by Crippen LogP contribution is 2.27. The van der Waals surface area contributed by atoms with Gasteiger partial charge in [-0.1, -0.05) is 45.1 Å². The lowest BCUT2D eigenvalue weighted by atomic mass is 9.98. The van der Waals surface area contributed by atoms with E-state index in [0.717, 1.165) is 17.1 Å². The Kier molecular flexibility index (Phi) is 5.07. The lowest BCUT2D eigenvalue weighted by Crippen LogP contribution is -2.28. The molecule has 0 spiro atoms. The van der Waals surface area contributed by atoms with Crippen molar-refractivity contribution >= 4 is 22.5 Å². The van der Waals surface area contributed by atoms with Crippen molar-refractivity contribution < 1.29 is 4.79 Å². The van der Waals surface area contributed by atoms with E-state index in [2.05, 4.69) is 53.5 Å². The van der Waals surface area contributed by atoms with Gasteiger partial charge in [-0.2, -0.15) is 0 Å². The van der Waals surface area contributed by atoms with Crippen LogP contribution in [0.2, 0.25) is 0 Å². The number of anilines is 1. The van der Waals surface area contributed by atoms with Gasteiger partial charge in [0.2, 0.25) is 5.13 Å². The molecule has 2 aromatic rings. The number of carbonyl (C=O) groups is 1. The Morgan fingerprint density at radius 2 is 2.05 bits per heavy atom. The highest BCUT2D eigenvalue weighted by molar-refractivity contribution is 7.15. The predicted octanol–water partition coefficient (Wildman–Crippen LogP) is 3.11. The summed E-state index contributed by atoms with van der Waals surface area (Å²) in [6, 6.07) is 3.63. The van der Waals surface area contributed by atoms with Crippen LogP contribution in [0, 0.1) is 0 Å². The first-order valence-corrected chi connectivity index (χ1v) is 8.03. The van der Waals surface area contributed by atoms with Crippen LogP contribution in [0.5, 0.6) is 0 Å². The monoisotopic (exact) mass is 319 g/mol. The van der Waals surface area contributed by atoms with Gasteiger partial charge in [-0.15, -0.1) is 10.2 Å². The van der Waals surface area contributed by atoms with Crippen molar-refractivity contribution in [2.24, 2.45) is 0 Å². The second-order valence-electron chi connectivity index (χ2n) is 5.98. The average Bonchev–Trinajstić information content (AvgIpc) is 2.94. The zero-order valence-electron chi connectivity index (χ0n) is 13.3. The molecule has 0 saturated carbocycles. The van der Waals surface area contributed by atoms with E-state index in [4.69, 9.17) is 0 Å². The van der Waals surface area contributed by atoms with Crippen molar-refractivity contribution in [3.8, 4) is 0 Å². The fourth-order valence-electron chi connectivity index (χ4n) is 1.66. The molecule has 0 aliphatic carbocycles. The third kappa shape index (κ3) is 4.49. The molecule has 0 bridgehead atoms. The first kappa shape index (κ1) is 16.4. The summed E-state index contributed by atoms with van der Waals surface area (Å²) in [6.07, 6.45) is 2.78. The van der Waals surface area contributed by atoms with E-state index in [1.54, 1.807) is 0 Å². The van der Waals surface area contributed by atoms with E-state index >= 15 is 0 Å². The number of pyridine rings is 1. The lowest BCUT2D eigenvalue weighted by Gasteiger charge is -2.12. The molecule has 118 valence electrons. The lowest BCUT2D eigenvalue weighted by molar-refractivity contribution is 0.251. The van der Waals surface area contributed by atoms with E-state index in [0.29, 0.717) is 11.7 Å². The fraction of sp³-hybridized carbons (Fsp3) is 0.467. The molecule has 2 rings (SSSR count). The summed E-state index contributed by atoms with van der Waals surface area (Å²) in [5.41, 5.74) is 1.93. The minimum atomic E-state index is -0.307. The normalized spacial score (nSPS) is 11.3. The topological polar surface area (TPSA) is 79.8 Å². The maximum Gasteiger partial charge on any atom is 0.321 e. The summed E-state index contributed by atoms with van der Waals surface area (Å²) in [5.74, 6) is 0. The number of aryl methyl sites for hydroxylation is 1. The van der Waals surface area contributed by atoms with Gasteiger partial charge in [0, 0.05) is 11.6 Å². The van der Waals surface area contributed by atoms with Crippen molar-refractivity contribution in [2.75, 3.05) is 5.32 Å². The molecule has 6 nitrogen and oxygen atoms in total. The molecule has 0 atom stereocenters. The highest BCUT2D eigenvalue weighted by atomic mass is 32.1. The van der Waals surface area contributed by atoms with Crippen LogP contribution in [0.1, 0.15) is 44.0 Å². The number of nitrogens with one attached hydrogen (secondary N) is 2. The van der Waals surface area contributed by atoms with Crippen LogP contribution in [-0.2, 0) is 18.4 Å². The number of carbonyl (C=O) groups excluding carboxylic acids is 1. The zero-order valence-corrected chi connectivity index (χ0v) is 14.1. The van der Waals surface area contributed by atoms with Crippen LogP contribution in [0.25, 0.3) is 0 Å². The molecule has 22 heavy (non-hydrogen) atoms. The van der Waals surface area contributed by atoms with Gasteiger partial charge in [0.25, 0.3) is 0 Å². The van der Waals surface area contributed by atoms with E-state index < -0.39 is 0 Å². The van der Waals surface area contributed by atoms with Crippen molar-refractivity contribution in [3.63, 3.8) is 0 Å². The standard InChI is InChI=1S/C15H21N5OS/c1-5-10-6-7-11(16-8-10)9-17-13(21)18-14-20-19-12(22-14)15(2,3)4/h6-8H,5,9H2,1-4H3,(H2,17,18,20,21). The zero-order chi connectivity index (χ0) is 16.2. The molecule has 7 heteroatoms. The van der Waals surface area contributed by atoms with E-state index in [1.165, 1.54) is 16.9 Å². The van der Waals surface area contributed by atoms with E-state index in [1.807, 2.05) is 18.3 Å². The minimum absolute atomic E-state index is 0.0704. The van der Waals surface area contributed by atoms with Crippen molar-refractivity contribution in [1.82, 2.24) is 20.5 Å². The summed E-state index contributed by atoms with van der Waals surface area (Å²) in [7, 11) is 0. The Labute approximate surface area is 134 Å². The number of aromatic nitrogens is 3. The third-order valence-electron chi connectivity index (χ3n) is 3.01. The van der Waals surface area contributed by atoms with Crippen LogP contribution in [-0.4, -0.2) is 21.2 Å². The van der Waals surface area contributed by atoms with Crippen LogP contribution in [0.4, 0.5) is 9.93 Å². The molecular weight excluding hydrogens is 298 g/mol. The number of nitrogens with zero attached hydrogens (tertiary/aromatic N) is 3. The van der Waals surface area contributed by atoms with Crippen LogP contribution in [0.15, 0.2) is 18.3 Å². The Hall–Kier alpha value is -2.02. The Morgan fingerprint density at radius 1 is 1.27 bits per heavy atom. The van der Waals surface area contributed by atoms with Gasteiger partial charge in [-0.3, -0.25) is 10.3 Å². The second-order valence-corrected chi connectivity index (χ2v) is 6.96. The Bertz CT molecular complexity index is 630. The number of rotatable bonds is 4. The summed E-state index contributed by atoms with van der Waals surface area (Å²) < 4.78 is 0. The van der Waals surface area contributed by atoms with Crippen LogP contribution >= 0.6 is 11.3 Å². The molecule has 0 aliphatic rings. The SMILES string of the molecule is CCc1ccc(CNC(=O)Nc2nnc(C(C)(C)C)s2)nc1. The van der Waals surface area contributed by atoms with Gasteiger partial charge in [-0.05, 0) is 18.1 Å². The molecule has 0 radical (unpaired) electrons. The van der Waals surface area contributed by atoms with Gasteiger partial charge in [0.1, 0.15) is 5.01 Å². The quantitative estimate of drug-likeness (QED) is 0.907. The van der Waals surface area contributed by atoms with Gasteiger partial charge in [0.15, 0.2) is 0 Å². The van der Waals surface area contributed by atoms with E-state index in [9.17, 15) is 4.79 Å². The molecule has 0 unspecified atom stereocenters. The Balaban J connectivity index is 1.86. The van der Waals surface area contributed by atoms with Gasteiger partial charge < -0.3 is 5.32 Å². The number of hydrogen-bond donors (Lipinski definition) is 2. The number of urea groups is 1. The highest BCUT2D eigenvalue weighted by Gasteiger charge is 2.19. The molecule has 0 fully saturated rings. The smallest absolute Gasteiger partial charge is 0.321 e. The van der Waals surface area contributed by atoms with Gasteiger partial charge >= 0.3 is 6.03 Å². The summed E-state index contributed by atoms with van der Waals surface area (Å²) in [5, 5.41) is 14.9. The maximum absolute atomic E-state index is 11.9. The molecule has 0 saturated heterocycles. The first-order valence-electron chi connectivity index (χ1n) is 7.21. The minimum Gasteiger partial charge on any atom is -0.332 e. The molecule has 2 amide bonds. The molecule has 2 heterocycles.